The van der Waals surface area contributed by atoms with Gasteiger partial charge in [-0.2, -0.15) is 13.7 Å². The van der Waals surface area contributed by atoms with Gasteiger partial charge in [-0.15, -0.1) is 0 Å². The van der Waals surface area contributed by atoms with E-state index in [-0.39, 0.29) is 17.4 Å². The van der Waals surface area contributed by atoms with Crippen LogP contribution in [0.4, 0.5) is 5.69 Å². The van der Waals surface area contributed by atoms with Crippen LogP contribution >= 0.6 is 0 Å². The van der Waals surface area contributed by atoms with E-state index in [1.807, 2.05) is 24.3 Å². The number of imidazole rings is 1. The molecule has 0 radical (unpaired) electrons. The summed E-state index contributed by atoms with van der Waals surface area (Å²) in [7, 11) is -3.41. The van der Waals surface area contributed by atoms with Crippen LogP contribution in [0, 0.1) is 11.3 Å². The lowest BCUT2D eigenvalue weighted by Gasteiger charge is -2.25. The monoisotopic (exact) mass is 426 g/mol. The number of aromatic nitrogens is 2. The van der Waals surface area contributed by atoms with Gasteiger partial charge in [-0.1, -0.05) is 12.1 Å². The Morgan fingerprint density at radius 2 is 2.03 bits per heavy atom. The predicted molar refractivity (Wildman–Crippen MR) is 112 cm³/mol. The average Bonchev–Trinajstić information content (AvgIpc) is 3.24. The number of nitrogens with one attached hydrogen (secondary N) is 4. The first-order valence-electron chi connectivity index (χ1n) is 9.79. The Kier molecular flexibility index (Phi) is 5.67. The van der Waals surface area contributed by atoms with Crippen LogP contribution in [0.2, 0.25) is 0 Å². The number of benzene rings is 1. The van der Waals surface area contributed by atoms with E-state index in [2.05, 4.69) is 30.8 Å². The van der Waals surface area contributed by atoms with Crippen LogP contribution in [0.25, 0.3) is 5.57 Å². The minimum Gasteiger partial charge on any atom is -0.339 e. The summed E-state index contributed by atoms with van der Waals surface area (Å²) in [6.07, 6.45) is 7.71. The molecule has 10 heteroatoms. The number of hydrogen-bond donors (Lipinski definition) is 4. The van der Waals surface area contributed by atoms with Crippen LogP contribution in [-0.2, 0) is 10.2 Å². The molecule has 0 unspecified atom stereocenters. The number of aromatic amines is 1. The summed E-state index contributed by atoms with van der Waals surface area (Å²) in [5.41, 5.74) is 3.91. The summed E-state index contributed by atoms with van der Waals surface area (Å²) in [6.45, 7) is 0.645. The van der Waals surface area contributed by atoms with Gasteiger partial charge in [0.15, 0.2) is 11.5 Å². The second-order valence-corrected chi connectivity index (χ2v) is 8.96. The summed E-state index contributed by atoms with van der Waals surface area (Å²) in [5.74, 6) is -0.358. The minimum absolute atomic E-state index is 0.00974. The van der Waals surface area contributed by atoms with Crippen molar-refractivity contribution in [3.63, 3.8) is 0 Å². The molecule has 1 saturated heterocycles. The number of carbonyl (C=O) groups is 1. The molecule has 9 nitrogen and oxygen atoms in total. The SMILES string of the molecule is N#Cc1c[nH]c(C(=O)Nc2ccc(C3CNS(=O)(=O)NC3)cc2C2=CCCCC2)n1. The van der Waals surface area contributed by atoms with Gasteiger partial charge in [0.1, 0.15) is 6.07 Å². The number of amides is 1. The molecule has 2 aliphatic rings. The molecule has 4 N–H and O–H groups in total. The number of nitrogens with zero attached hydrogens (tertiary/aromatic N) is 2. The summed E-state index contributed by atoms with van der Waals surface area (Å²) in [6, 6.07) is 7.66. The fourth-order valence-corrected chi connectivity index (χ4v) is 4.67. The second kappa shape index (κ2) is 8.39. The van der Waals surface area contributed by atoms with Crippen LogP contribution in [0.3, 0.4) is 0 Å². The van der Waals surface area contributed by atoms with Crippen molar-refractivity contribution < 1.29 is 13.2 Å². The molecule has 1 aromatic heterocycles. The third-order valence-corrected chi connectivity index (χ3v) is 6.44. The molecule has 2 heterocycles. The second-order valence-electron chi connectivity index (χ2n) is 7.38. The first-order valence-corrected chi connectivity index (χ1v) is 11.3. The van der Waals surface area contributed by atoms with E-state index < -0.39 is 16.1 Å². The van der Waals surface area contributed by atoms with E-state index in [1.165, 1.54) is 11.8 Å². The van der Waals surface area contributed by atoms with Crippen LogP contribution in [-0.4, -0.2) is 37.4 Å². The molecule has 1 aromatic carbocycles. The largest absolute Gasteiger partial charge is 0.339 e. The molecular formula is C20H22N6O3S. The van der Waals surface area contributed by atoms with Crippen molar-refractivity contribution in [2.75, 3.05) is 18.4 Å². The fourth-order valence-electron chi connectivity index (χ4n) is 3.73. The number of allylic oxidation sites excluding steroid dienone is 2. The van der Waals surface area contributed by atoms with Crippen LogP contribution in [0.15, 0.2) is 30.5 Å². The molecule has 1 aliphatic heterocycles. The molecule has 4 rings (SSSR count). The third-order valence-electron chi connectivity index (χ3n) is 5.35. The van der Waals surface area contributed by atoms with Crippen LogP contribution in [0.5, 0.6) is 0 Å². The lowest BCUT2D eigenvalue weighted by molar-refractivity contribution is 0.101. The Balaban J connectivity index is 1.63. The molecule has 0 spiro atoms. The van der Waals surface area contributed by atoms with Gasteiger partial charge in [-0.3, -0.25) is 4.79 Å². The molecule has 1 aliphatic carbocycles. The molecule has 30 heavy (non-hydrogen) atoms. The Bertz CT molecular complexity index is 1130. The van der Waals surface area contributed by atoms with Gasteiger partial charge in [0, 0.05) is 36.5 Å². The number of hydrogen-bond acceptors (Lipinski definition) is 5. The third kappa shape index (κ3) is 4.43. The lowest BCUT2D eigenvalue weighted by Crippen LogP contribution is -2.47. The molecule has 2 aromatic rings. The standard InChI is InChI=1S/C20H22N6O3S/c21-9-16-12-22-19(25-16)20(27)26-18-7-6-14(15-10-23-30(28,29)24-11-15)8-17(18)13-4-2-1-3-5-13/h4,6-8,12,15,23-24H,1-3,5,10-11H2,(H,22,25)(H,26,27). The van der Waals surface area contributed by atoms with E-state index >= 15 is 0 Å². The molecule has 156 valence electrons. The van der Waals surface area contributed by atoms with Crippen molar-refractivity contribution in [2.24, 2.45) is 0 Å². The number of H-pyrrole nitrogens is 1. The molecule has 1 fully saturated rings. The highest BCUT2D eigenvalue weighted by molar-refractivity contribution is 7.87. The summed E-state index contributed by atoms with van der Waals surface area (Å²) < 4.78 is 28.2. The average molecular weight is 427 g/mol. The van der Waals surface area contributed by atoms with Crippen molar-refractivity contribution in [3.05, 3.63) is 53.1 Å². The van der Waals surface area contributed by atoms with Gasteiger partial charge >= 0.3 is 0 Å². The molecule has 0 bridgehead atoms. The predicted octanol–water partition coefficient (Wildman–Crippen LogP) is 2.01. The van der Waals surface area contributed by atoms with E-state index in [1.54, 1.807) is 0 Å². The zero-order chi connectivity index (χ0) is 21.1. The molecule has 0 saturated carbocycles. The van der Waals surface area contributed by atoms with E-state index in [4.69, 9.17) is 5.26 Å². The van der Waals surface area contributed by atoms with Crippen molar-refractivity contribution in [1.29, 1.82) is 5.26 Å². The maximum atomic E-state index is 12.6. The zero-order valence-electron chi connectivity index (χ0n) is 16.2. The lowest BCUT2D eigenvalue weighted by atomic mass is 9.89. The first kappa shape index (κ1) is 20.3. The Morgan fingerprint density at radius 3 is 2.70 bits per heavy atom. The number of anilines is 1. The van der Waals surface area contributed by atoms with Crippen molar-refractivity contribution in [1.82, 2.24) is 19.4 Å². The van der Waals surface area contributed by atoms with Gasteiger partial charge in [-0.25, -0.2) is 14.4 Å². The van der Waals surface area contributed by atoms with Crippen LogP contribution in [0.1, 0.15) is 59.0 Å². The van der Waals surface area contributed by atoms with Crippen LogP contribution < -0.4 is 14.8 Å². The van der Waals surface area contributed by atoms with Gasteiger partial charge in [0.05, 0.1) is 0 Å². The van der Waals surface area contributed by atoms with Gasteiger partial charge in [0.2, 0.25) is 0 Å². The van der Waals surface area contributed by atoms with E-state index in [0.717, 1.165) is 36.8 Å². The molecule has 0 atom stereocenters. The highest BCUT2D eigenvalue weighted by Crippen LogP contribution is 2.34. The maximum absolute atomic E-state index is 12.6. The van der Waals surface area contributed by atoms with Gasteiger partial charge < -0.3 is 10.3 Å². The number of carbonyl (C=O) groups excluding carboxylic acids is 1. The first-order chi connectivity index (χ1) is 14.4. The Hall–Kier alpha value is -3.00. The summed E-state index contributed by atoms with van der Waals surface area (Å²) in [4.78, 5) is 19.3. The van der Waals surface area contributed by atoms with Crippen molar-refractivity contribution in [3.8, 4) is 6.07 Å². The highest BCUT2D eigenvalue weighted by atomic mass is 32.2. The Labute approximate surface area is 174 Å². The van der Waals surface area contributed by atoms with Gasteiger partial charge in [0.25, 0.3) is 16.1 Å². The normalized spacial score (nSPS) is 19.0. The number of nitriles is 1. The van der Waals surface area contributed by atoms with Crippen molar-refractivity contribution >= 4 is 27.4 Å². The smallest absolute Gasteiger partial charge is 0.291 e. The van der Waals surface area contributed by atoms with Gasteiger partial charge in [-0.05, 0) is 49.0 Å². The minimum atomic E-state index is -3.41. The Morgan fingerprint density at radius 1 is 1.23 bits per heavy atom. The zero-order valence-corrected chi connectivity index (χ0v) is 17.1. The summed E-state index contributed by atoms with van der Waals surface area (Å²) >= 11 is 0. The molecular weight excluding hydrogens is 404 g/mol. The molecule has 1 amide bonds. The highest BCUT2D eigenvalue weighted by Gasteiger charge is 2.25. The topological polar surface area (TPSA) is 140 Å². The fraction of sp³-hybridized carbons (Fsp3) is 0.350. The maximum Gasteiger partial charge on any atom is 0.291 e. The van der Waals surface area contributed by atoms with Crippen molar-refractivity contribution in [2.45, 2.75) is 31.6 Å². The van der Waals surface area contributed by atoms with E-state index in [9.17, 15) is 13.2 Å². The quantitative estimate of drug-likeness (QED) is 0.592. The van der Waals surface area contributed by atoms with E-state index in [0.29, 0.717) is 18.8 Å². The summed E-state index contributed by atoms with van der Waals surface area (Å²) in [5, 5.41) is 11.8. The number of rotatable bonds is 4.